The van der Waals surface area contributed by atoms with Crippen LogP contribution in [0.1, 0.15) is 6.92 Å². The van der Waals surface area contributed by atoms with Crippen LogP contribution in [0.2, 0.25) is 0 Å². The van der Waals surface area contributed by atoms with Crippen molar-refractivity contribution in [1.29, 1.82) is 0 Å². The molecule has 2 fully saturated rings. The van der Waals surface area contributed by atoms with Gasteiger partial charge in [0.2, 0.25) is 0 Å². The van der Waals surface area contributed by atoms with Crippen molar-refractivity contribution in [3.63, 3.8) is 0 Å². The van der Waals surface area contributed by atoms with Gasteiger partial charge >= 0.3 is 0 Å². The molecule has 2 heterocycles. The molecule has 2 radical (unpaired) electrons. The zero-order valence-corrected chi connectivity index (χ0v) is 6.80. The van der Waals surface area contributed by atoms with Gasteiger partial charge in [-0.3, -0.25) is 0 Å². The van der Waals surface area contributed by atoms with Crippen LogP contribution in [0.4, 0.5) is 0 Å². The van der Waals surface area contributed by atoms with Crippen molar-refractivity contribution in [2.24, 2.45) is 0 Å². The largest absolute Gasteiger partial charge is 0.390 e. The second kappa shape index (κ2) is 2.45. The van der Waals surface area contributed by atoms with Gasteiger partial charge in [-0.1, -0.05) is 0 Å². The topological polar surface area (TPSA) is 58.9 Å². The van der Waals surface area contributed by atoms with Gasteiger partial charge in [-0.2, -0.15) is 0 Å². The molecule has 2 bridgehead atoms. The van der Waals surface area contributed by atoms with Gasteiger partial charge in [0.15, 0.2) is 0 Å². The lowest BCUT2D eigenvalue weighted by molar-refractivity contribution is -0.163. The number of aliphatic hydroxyl groups is 2. The van der Waals surface area contributed by atoms with Crippen LogP contribution in [0.25, 0.3) is 0 Å². The molecule has 0 aromatic carbocycles. The molecule has 5 heteroatoms. The maximum atomic E-state index is 9.63. The molecule has 0 aromatic rings. The van der Waals surface area contributed by atoms with Crippen LogP contribution >= 0.6 is 0 Å². The first kappa shape index (κ1) is 8.50. The quantitative estimate of drug-likeness (QED) is 0.465. The van der Waals surface area contributed by atoms with Crippen molar-refractivity contribution in [3.05, 3.63) is 0 Å². The molecule has 0 amide bonds. The fraction of sp³-hybridized carbons (Fsp3) is 1.00. The summed E-state index contributed by atoms with van der Waals surface area (Å²) < 4.78 is 10.5. The van der Waals surface area contributed by atoms with E-state index in [0.29, 0.717) is 0 Å². The average molecular weight is 170 g/mol. The minimum absolute atomic E-state index is 0.213. The van der Waals surface area contributed by atoms with Crippen molar-refractivity contribution >= 4 is 7.85 Å². The van der Waals surface area contributed by atoms with Gasteiger partial charge in [0.25, 0.3) is 0 Å². The zero-order chi connectivity index (χ0) is 8.93. The molecular formula is C7H11BO4. The minimum Gasteiger partial charge on any atom is -0.390 e. The third kappa shape index (κ3) is 0.822. The summed E-state index contributed by atoms with van der Waals surface area (Å²) in [5.74, 6) is 0. The summed E-state index contributed by atoms with van der Waals surface area (Å²) in [4.78, 5) is 0. The summed E-state index contributed by atoms with van der Waals surface area (Å²) in [6, 6.07) is -0.622. The first-order valence-electron chi connectivity index (χ1n) is 3.99. The summed E-state index contributed by atoms with van der Waals surface area (Å²) in [6.07, 6.45) is -2.07. The van der Waals surface area contributed by atoms with Gasteiger partial charge in [-0.25, -0.2) is 0 Å². The SMILES string of the molecule is [B][C@@H]1O[C@@]2([C@H](C)O)CO[C@@H]1[C@@H]2O. The molecule has 2 saturated heterocycles. The van der Waals surface area contributed by atoms with Crippen LogP contribution in [0, 0.1) is 0 Å². The van der Waals surface area contributed by atoms with Crippen LogP contribution in [0.15, 0.2) is 0 Å². The monoisotopic (exact) mass is 170 g/mol. The number of hydrogen-bond acceptors (Lipinski definition) is 4. The van der Waals surface area contributed by atoms with E-state index in [9.17, 15) is 10.2 Å². The van der Waals surface area contributed by atoms with Gasteiger partial charge in [0.05, 0.1) is 12.7 Å². The number of rotatable bonds is 1. The lowest BCUT2D eigenvalue weighted by Crippen LogP contribution is -2.50. The second-order valence-electron chi connectivity index (χ2n) is 3.43. The van der Waals surface area contributed by atoms with E-state index >= 15 is 0 Å². The molecule has 12 heavy (non-hydrogen) atoms. The normalized spacial score (nSPS) is 54.4. The molecule has 0 saturated carbocycles. The highest BCUT2D eigenvalue weighted by molar-refractivity contribution is 6.11. The van der Waals surface area contributed by atoms with E-state index < -0.39 is 29.9 Å². The summed E-state index contributed by atoms with van der Waals surface area (Å²) in [6.45, 7) is 1.78. The molecule has 4 nitrogen and oxygen atoms in total. The first-order chi connectivity index (χ1) is 5.58. The van der Waals surface area contributed by atoms with Crippen LogP contribution in [-0.4, -0.2) is 54.6 Å². The molecule has 0 aromatic heterocycles. The Bertz CT molecular complexity index is 198. The predicted molar refractivity (Wildman–Crippen MR) is 40.8 cm³/mol. The third-order valence-electron chi connectivity index (χ3n) is 2.70. The van der Waals surface area contributed by atoms with E-state index in [2.05, 4.69) is 0 Å². The molecule has 0 aliphatic carbocycles. The molecule has 5 atom stereocenters. The molecule has 0 spiro atoms. The molecule has 2 rings (SSSR count). The fourth-order valence-corrected chi connectivity index (χ4v) is 1.85. The van der Waals surface area contributed by atoms with Crippen LogP contribution < -0.4 is 0 Å². The van der Waals surface area contributed by atoms with Gasteiger partial charge < -0.3 is 19.7 Å². The van der Waals surface area contributed by atoms with Crippen LogP contribution in [0.5, 0.6) is 0 Å². The van der Waals surface area contributed by atoms with Crippen LogP contribution in [0.3, 0.4) is 0 Å². The maximum Gasteiger partial charge on any atom is 0.145 e. The van der Waals surface area contributed by atoms with E-state index in [0.717, 1.165) is 0 Å². The lowest BCUT2D eigenvalue weighted by atomic mass is 9.90. The van der Waals surface area contributed by atoms with Gasteiger partial charge in [-0.05, 0) is 6.92 Å². The van der Waals surface area contributed by atoms with Crippen molar-refractivity contribution in [3.8, 4) is 0 Å². The summed E-state index contributed by atoms with van der Waals surface area (Å²) in [7, 11) is 5.51. The number of hydrogen-bond donors (Lipinski definition) is 2. The van der Waals surface area contributed by atoms with Crippen molar-refractivity contribution in [1.82, 2.24) is 0 Å². The van der Waals surface area contributed by atoms with Crippen molar-refractivity contribution in [2.75, 3.05) is 6.61 Å². The van der Waals surface area contributed by atoms with E-state index in [-0.39, 0.29) is 6.61 Å². The van der Waals surface area contributed by atoms with E-state index in [1.165, 1.54) is 0 Å². The summed E-state index contributed by atoms with van der Waals surface area (Å²) in [5, 5.41) is 19.0. The Kier molecular flexibility index (Phi) is 1.73. The number of fused-ring (bicyclic) bond motifs is 2. The van der Waals surface area contributed by atoms with Crippen molar-refractivity contribution < 1.29 is 19.7 Å². The van der Waals surface area contributed by atoms with Gasteiger partial charge in [-0.15, -0.1) is 0 Å². The Morgan fingerprint density at radius 1 is 1.67 bits per heavy atom. The van der Waals surface area contributed by atoms with Gasteiger partial charge in [0.1, 0.15) is 25.7 Å². The van der Waals surface area contributed by atoms with Crippen LogP contribution in [-0.2, 0) is 9.47 Å². The fourth-order valence-electron chi connectivity index (χ4n) is 1.85. The minimum atomic E-state index is -0.996. The highest BCUT2D eigenvalue weighted by atomic mass is 16.6. The second-order valence-corrected chi connectivity index (χ2v) is 3.43. The summed E-state index contributed by atoms with van der Waals surface area (Å²) in [5.41, 5.74) is -0.996. The van der Waals surface area contributed by atoms with E-state index in [1.54, 1.807) is 6.92 Å². The maximum absolute atomic E-state index is 9.63. The highest BCUT2D eigenvalue weighted by Gasteiger charge is 2.61. The molecular weight excluding hydrogens is 159 g/mol. The zero-order valence-electron chi connectivity index (χ0n) is 6.80. The summed E-state index contributed by atoms with van der Waals surface area (Å²) >= 11 is 0. The molecule has 2 N–H and O–H groups in total. The van der Waals surface area contributed by atoms with Gasteiger partial charge in [0, 0.05) is 6.00 Å². The molecule has 2 aliphatic heterocycles. The average Bonchev–Trinajstić information content (AvgIpc) is 2.42. The molecule has 0 unspecified atom stereocenters. The van der Waals surface area contributed by atoms with E-state index in [4.69, 9.17) is 17.3 Å². The standard InChI is InChI=1S/C7H11BO4/c1-3(9)7-2-11-4(5(7)10)6(8)12-7/h3-6,9-10H,2H2,1H3/t3-,4+,5-,6+,7+/m0/s1. The predicted octanol–water partition coefficient (Wildman–Crippen LogP) is -1.61. The Balaban J connectivity index is 2.27. The molecule has 66 valence electrons. The number of ether oxygens (including phenoxy) is 2. The lowest BCUT2D eigenvalue weighted by Gasteiger charge is -2.32. The Labute approximate surface area is 71.9 Å². The molecule has 2 aliphatic rings. The van der Waals surface area contributed by atoms with Crippen molar-refractivity contribution in [2.45, 2.75) is 36.8 Å². The Morgan fingerprint density at radius 2 is 2.33 bits per heavy atom. The third-order valence-corrected chi connectivity index (χ3v) is 2.70. The number of aliphatic hydroxyl groups excluding tert-OH is 2. The smallest absolute Gasteiger partial charge is 0.145 e. The Morgan fingerprint density at radius 3 is 2.58 bits per heavy atom. The highest BCUT2D eigenvalue weighted by Crippen LogP contribution is 2.40. The Hall–Kier alpha value is -0.0951. The van der Waals surface area contributed by atoms with E-state index in [1.807, 2.05) is 0 Å². The first-order valence-corrected chi connectivity index (χ1v) is 3.99.